The van der Waals surface area contributed by atoms with Crippen molar-refractivity contribution in [2.75, 3.05) is 20.5 Å². The first-order valence-corrected chi connectivity index (χ1v) is 12.5. The summed E-state index contributed by atoms with van der Waals surface area (Å²) in [5.74, 6) is 0.984. The van der Waals surface area contributed by atoms with Crippen LogP contribution in [0.15, 0.2) is 22.1 Å². The minimum absolute atomic E-state index is 0.00966. The molecule has 174 valence electrons. The molecule has 0 bridgehead atoms. The summed E-state index contributed by atoms with van der Waals surface area (Å²) in [7, 11) is 1.60. The maximum atomic E-state index is 13.5. The number of nitro benzene ring substituents is 1. The van der Waals surface area contributed by atoms with Crippen LogP contribution in [0.1, 0.15) is 34.4 Å². The summed E-state index contributed by atoms with van der Waals surface area (Å²) >= 11 is 2.99. The van der Waals surface area contributed by atoms with Crippen LogP contribution in [0.2, 0.25) is 0 Å². The maximum absolute atomic E-state index is 13.5. The average molecular weight is 490 g/mol. The normalized spacial score (nSPS) is 15.2. The number of hydrogen-bond acceptors (Lipinski definition) is 9. The van der Waals surface area contributed by atoms with Crippen LogP contribution in [0.4, 0.5) is 5.69 Å². The lowest BCUT2D eigenvalue weighted by atomic mass is 9.97. The van der Waals surface area contributed by atoms with Crippen molar-refractivity contribution >= 4 is 39.0 Å². The molecule has 0 amide bonds. The number of methoxy groups -OCH3 is 1. The molecule has 3 aromatic rings. The summed E-state index contributed by atoms with van der Waals surface area (Å²) in [6.07, 6.45) is 4.15. The number of thiophene rings is 1. The molecule has 0 fully saturated rings. The van der Waals surface area contributed by atoms with Gasteiger partial charge in [0, 0.05) is 41.0 Å². The summed E-state index contributed by atoms with van der Waals surface area (Å²) in [5, 5.41) is 12.7. The van der Waals surface area contributed by atoms with Gasteiger partial charge >= 0.3 is 0 Å². The Labute approximate surface area is 197 Å². The Kier molecular flexibility index (Phi) is 6.37. The summed E-state index contributed by atoms with van der Waals surface area (Å²) < 4.78 is 17.9. The number of hydrogen-bond donors (Lipinski definition) is 0. The number of ether oxygens (including phenoxy) is 3. The summed E-state index contributed by atoms with van der Waals surface area (Å²) in [6.45, 7) is 1.15. The molecule has 0 unspecified atom stereocenters. The van der Waals surface area contributed by atoms with Crippen molar-refractivity contribution in [3.05, 3.63) is 54.2 Å². The molecule has 11 heteroatoms. The fourth-order valence-corrected chi connectivity index (χ4v) is 6.64. The van der Waals surface area contributed by atoms with Crippen LogP contribution in [-0.2, 0) is 41.2 Å². The number of aromatic nitrogens is 2. The summed E-state index contributed by atoms with van der Waals surface area (Å²) in [6, 6.07) is 3.01. The van der Waals surface area contributed by atoms with Gasteiger partial charge in [-0.15, -0.1) is 11.3 Å². The second-order valence-corrected chi connectivity index (χ2v) is 10.0. The highest BCUT2D eigenvalue weighted by atomic mass is 32.2. The Bertz CT molecular complexity index is 1290. The zero-order valence-electron chi connectivity index (χ0n) is 18.1. The smallest absolute Gasteiger partial charge is 0.270 e. The van der Waals surface area contributed by atoms with Crippen molar-refractivity contribution in [2.24, 2.45) is 0 Å². The third-order valence-corrected chi connectivity index (χ3v) is 8.11. The highest BCUT2D eigenvalue weighted by Gasteiger charge is 2.24. The van der Waals surface area contributed by atoms with Crippen molar-refractivity contribution in [2.45, 2.75) is 49.7 Å². The molecule has 2 aromatic heterocycles. The van der Waals surface area contributed by atoms with Gasteiger partial charge in [-0.2, -0.15) is 0 Å². The maximum Gasteiger partial charge on any atom is 0.270 e. The molecular weight excluding hydrogens is 466 g/mol. The van der Waals surface area contributed by atoms with Crippen LogP contribution in [0.3, 0.4) is 0 Å². The lowest BCUT2D eigenvalue weighted by molar-refractivity contribution is -0.385. The fourth-order valence-electron chi connectivity index (χ4n) is 4.35. The molecule has 1 aliphatic heterocycles. The Balaban J connectivity index is 1.54. The molecule has 0 spiro atoms. The first kappa shape index (κ1) is 22.3. The van der Waals surface area contributed by atoms with Crippen molar-refractivity contribution in [3.8, 4) is 5.75 Å². The number of rotatable bonds is 7. The van der Waals surface area contributed by atoms with Crippen LogP contribution >= 0.6 is 23.1 Å². The van der Waals surface area contributed by atoms with Gasteiger partial charge in [-0.05, 0) is 31.2 Å². The number of nitrogens with zero attached hydrogens (tertiary/aromatic N) is 3. The molecule has 0 saturated carbocycles. The molecule has 1 aromatic carbocycles. The third kappa shape index (κ3) is 4.25. The highest BCUT2D eigenvalue weighted by molar-refractivity contribution is 7.98. The summed E-state index contributed by atoms with van der Waals surface area (Å²) in [5.41, 5.74) is 2.44. The van der Waals surface area contributed by atoms with Gasteiger partial charge in [-0.3, -0.25) is 19.5 Å². The van der Waals surface area contributed by atoms with Crippen molar-refractivity contribution in [1.82, 2.24) is 9.55 Å². The standard InChI is InChI=1S/C22H23N3O6S2/c1-29-7-6-24-21(26)18-16-4-2-3-5-17(16)33-20(18)23-22(24)32-11-14-9-15(25(27)28)8-13-10-30-12-31-19(13)14/h8-9H,2-7,10-12H2,1H3. The minimum Gasteiger partial charge on any atom is -0.467 e. The fraction of sp³-hybridized carbons (Fsp3) is 0.455. The van der Waals surface area contributed by atoms with Gasteiger partial charge in [-0.25, -0.2) is 4.98 Å². The predicted octanol–water partition coefficient (Wildman–Crippen LogP) is 4.05. The zero-order valence-corrected chi connectivity index (χ0v) is 19.8. The first-order valence-electron chi connectivity index (χ1n) is 10.7. The molecule has 5 rings (SSSR count). The van der Waals surface area contributed by atoms with Crippen molar-refractivity contribution < 1.29 is 19.1 Å². The second kappa shape index (κ2) is 9.41. The minimum atomic E-state index is -0.419. The highest BCUT2D eigenvalue weighted by Crippen LogP contribution is 2.38. The van der Waals surface area contributed by atoms with Crippen molar-refractivity contribution in [3.63, 3.8) is 0 Å². The number of fused-ring (bicyclic) bond motifs is 4. The van der Waals surface area contributed by atoms with Gasteiger partial charge in [0.15, 0.2) is 11.9 Å². The van der Waals surface area contributed by atoms with E-state index in [1.165, 1.54) is 28.8 Å². The van der Waals surface area contributed by atoms with Crippen molar-refractivity contribution in [1.29, 1.82) is 0 Å². The molecule has 0 N–H and O–H groups in total. The van der Waals surface area contributed by atoms with E-state index in [1.54, 1.807) is 23.0 Å². The van der Waals surface area contributed by atoms with Crippen LogP contribution in [-0.4, -0.2) is 35.0 Å². The molecule has 2 aliphatic rings. The SMILES string of the molecule is COCCn1c(SCc2cc([N+](=O)[O-])cc3c2OCOC3)nc2sc3c(c2c1=O)CCCC3. The Morgan fingerprint density at radius 2 is 2.18 bits per heavy atom. The lowest BCUT2D eigenvalue weighted by Crippen LogP contribution is -2.25. The summed E-state index contributed by atoms with van der Waals surface area (Å²) in [4.78, 5) is 31.4. The quantitative estimate of drug-likeness (QED) is 0.212. The Morgan fingerprint density at radius 1 is 1.33 bits per heavy atom. The molecule has 0 radical (unpaired) electrons. The number of aryl methyl sites for hydroxylation is 2. The van der Waals surface area contributed by atoms with Crippen LogP contribution in [0.5, 0.6) is 5.75 Å². The van der Waals surface area contributed by atoms with E-state index in [4.69, 9.17) is 19.2 Å². The Morgan fingerprint density at radius 3 is 3.00 bits per heavy atom. The van der Waals surface area contributed by atoms with Gasteiger partial charge in [0.05, 0.1) is 30.1 Å². The van der Waals surface area contributed by atoms with E-state index in [1.807, 2.05) is 0 Å². The van der Waals surface area contributed by atoms with Crippen LogP contribution in [0, 0.1) is 10.1 Å². The first-order chi connectivity index (χ1) is 16.1. The van der Waals surface area contributed by atoms with E-state index in [9.17, 15) is 14.9 Å². The predicted molar refractivity (Wildman–Crippen MR) is 125 cm³/mol. The topological polar surface area (TPSA) is 106 Å². The number of benzene rings is 1. The van der Waals surface area contributed by atoms with E-state index in [2.05, 4.69) is 0 Å². The number of thioether (sulfide) groups is 1. The third-order valence-electron chi connectivity index (χ3n) is 5.90. The zero-order chi connectivity index (χ0) is 22.9. The van der Waals surface area contributed by atoms with E-state index in [-0.39, 0.29) is 24.6 Å². The van der Waals surface area contributed by atoms with Gasteiger partial charge in [-0.1, -0.05) is 11.8 Å². The van der Waals surface area contributed by atoms with Gasteiger partial charge in [0.25, 0.3) is 11.2 Å². The largest absolute Gasteiger partial charge is 0.467 e. The number of non-ortho nitro benzene ring substituents is 1. The molecule has 33 heavy (non-hydrogen) atoms. The van der Waals surface area contributed by atoms with E-state index >= 15 is 0 Å². The van der Waals surface area contributed by atoms with Gasteiger partial charge < -0.3 is 14.2 Å². The molecule has 9 nitrogen and oxygen atoms in total. The molecule has 0 saturated heterocycles. The Hall–Kier alpha value is -2.47. The second-order valence-electron chi connectivity index (χ2n) is 7.98. The molecule has 0 atom stereocenters. The van der Waals surface area contributed by atoms with E-state index < -0.39 is 4.92 Å². The van der Waals surface area contributed by atoms with Gasteiger partial charge in [0.2, 0.25) is 0 Å². The lowest BCUT2D eigenvalue weighted by Gasteiger charge is -2.20. The number of nitro groups is 1. The molecular formula is C22H23N3O6S2. The molecule has 3 heterocycles. The van der Waals surface area contributed by atoms with E-state index in [0.29, 0.717) is 40.9 Å². The average Bonchev–Trinajstić information content (AvgIpc) is 3.20. The van der Waals surface area contributed by atoms with Crippen LogP contribution in [0.25, 0.3) is 10.2 Å². The van der Waals surface area contributed by atoms with Crippen LogP contribution < -0.4 is 10.3 Å². The van der Waals surface area contributed by atoms with Gasteiger partial charge in [0.1, 0.15) is 10.6 Å². The molecule has 1 aliphatic carbocycles. The van der Waals surface area contributed by atoms with E-state index in [0.717, 1.165) is 41.5 Å². The monoisotopic (exact) mass is 489 g/mol.